The van der Waals surface area contributed by atoms with E-state index in [0.717, 1.165) is 27.7 Å². The summed E-state index contributed by atoms with van der Waals surface area (Å²) in [5.41, 5.74) is 2.82. The average Bonchev–Trinajstić information content (AvgIpc) is 3.04. The molecule has 0 atom stereocenters. The normalized spacial score (nSPS) is 11.4. The lowest BCUT2D eigenvalue weighted by Gasteiger charge is -2.06. The van der Waals surface area contributed by atoms with E-state index in [1.165, 1.54) is 26.8 Å². The lowest BCUT2D eigenvalue weighted by Crippen LogP contribution is -2.15. The Balaban J connectivity index is 1.63. The standard InChI is InChI=1S/C18H16N4OS2/c1-3-15-21-22-17(23)9-12(19-18(22)25-15)10-24-16-8-11(2)13-6-4-5-7-14(13)20-16/h4-9H,3,10H2,1-2H3. The van der Waals surface area contributed by atoms with Crippen molar-refractivity contribution in [2.24, 2.45) is 0 Å². The summed E-state index contributed by atoms with van der Waals surface area (Å²) >= 11 is 3.06. The van der Waals surface area contributed by atoms with Crippen LogP contribution in [0.5, 0.6) is 0 Å². The summed E-state index contributed by atoms with van der Waals surface area (Å²) in [7, 11) is 0. The molecule has 25 heavy (non-hydrogen) atoms. The van der Waals surface area contributed by atoms with Gasteiger partial charge in [0.05, 0.1) is 16.2 Å². The van der Waals surface area contributed by atoms with E-state index < -0.39 is 0 Å². The van der Waals surface area contributed by atoms with Gasteiger partial charge < -0.3 is 0 Å². The molecule has 0 spiro atoms. The summed E-state index contributed by atoms with van der Waals surface area (Å²) in [5, 5.41) is 7.30. The molecule has 0 aliphatic carbocycles. The van der Waals surface area contributed by atoms with Crippen LogP contribution in [0.1, 0.15) is 23.2 Å². The van der Waals surface area contributed by atoms with Crippen LogP contribution in [0.15, 0.2) is 46.2 Å². The number of hydrogen-bond acceptors (Lipinski definition) is 6. The summed E-state index contributed by atoms with van der Waals surface area (Å²) < 4.78 is 1.39. The highest BCUT2D eigenvalue weighted by Gasteiger charge is 2.09. The fourth-order valence-electron chi connectivity index (χ4n) is 2.65. The van der Waals surface area contributed by atoms with Gasteiger partial charge >= 0.3 is 0 Å². The maximum absolute atomic E-state index is 12.2. The Morgan fingerprint density at radius 3 is 2.88 bits per heavy atom. The number of para-hydroxylation sites is 1. The third-order valence-corrected chi connectivity index (χ3v) is 5.91. The number of thioether (sulfide) groups is 1. The summed E-state index contributed by atoms with van der Waals surface area (Å²) in [6, 6.07) is 11.8. The molecule has 0 fully saturated rings. The Kier molecular flexibility index (Phi) is 4.27. The second-order valence-electron chi connectivity index (χ2n) is 5.71. The van der Waals surface area contributed by atoms with Gasteiger partial charge in [0.1, 0.15) is 5.01 Å². The molecule has 0 unspecified atom stereocenters. The van der Waals surface area contributed by atoms with E-state index in [4.69, 9.17) is 4.98 Å². The van der Waals surface area contributed by atoms with E-state index in [1.54, 1.807) is 17.8 Å². The largest absolute Gasteiger partial charge is 0.275 e. The number of aromatic nitrogens is 4. The van der Waals surface area contributed by atoms with E-state index in [0.29, 0.717) is 10.7 Å². The summed E-state index contributed by atoms with van der Waals surface area (Å²) in [4.78, 5) is 22.1. The van der Waals surface area contributed by atoms with Crippen molar-refractivity contribution in [1.29, 1.82) is 0 Å². The van der Waals surface area contributed by atoms with Crippen molar-refractivity contribution < 1.29 is 0 Å². The van der Waals surface area contributed by atoms with Crippen LogP contribution in [0.4, 0.5) is 0 Å². The minimum atomic E-state index is -0.126. The second-order valence-corrected chi connectivity index (χ2v) is 7.75. The lowest BCUT2D eigenvalue weighted by molar-refractivity contribution is 0.852. The third kappa shape index (κ3) is 3.17. The topological polar surface area (TPSA) is 60.2 Å². The van der Waals surface area contributed by atoms with Gasteiger partial charge in [0, 0.05) is 17.2 Å². The second kappa shape index (κ2) is 6.57. The van der Waals surface area contributed by atoms with Crippen LogP contribution in [-0.2, 0) is 12.2 Å². The highest BCUT2D eigenvalue weighted by Crippen LogP contribution is 2.25. The van der Waals surface area contributed by atoms with Crippen molar-refractivity contribution in [1.82, 2.24) is 19.6 Å². The molecule has 1 aromatic carbocycles. The van der Waals surface area contributed by atoms with E-state index in [9.17, 15) is 4.79 Å². The molecule has 0 aliphatic rings. The lowest BCUT2D eigenvalue weighted by atomic mass is 10.1. The van der Waals surface area contributed by atoms with Crippen molar-refractivity contribution in [3.8, 4) is 0 Å². The van der Waals surface area contributed by atoms with Crippen LogP contribution in [0.3, 0.4) is 0 Å². The van der Waals surface area contributed by atoms with Gasteiger partial charge in [-0.15, -0.1) is 0 Å². The molecule has 0 bridgehead atoms. The maximum Gasteiger partial charge on any atom is 0.275 e. The van der Waals surface area contributed by atoms with Crippen LogP contribution >= 0.6 is 23.1 Å². The molecule has 0 N–H and O–H groups in total. The molecule has 3 aromatic heterocycles. The van der Waals surface area contributed by atoms with Crippen molar-refractivity contribution in [2.45, 2.75) is 31.0 Å². The molecule has 4 rings (SSSR count). The third-order valence-electron chi connectivity index (χ3n) is 3.91. The van der Waals surface area contributed by atoms with Gasteiger partial charge in [-0.1, -0.05) is 48.2 Å². The highest BCUT2D eigenvalue weighted by molar-refractivity contribution is 7.98. The molecule has 0 radical (unpaired) electrons. The van der Waals surface area contributed by atoms with Crippen LogP contribution in [0.25, 0.3) is 15.9 Å². The first-order chi connectivity index (χ1) is 12.1. The van der Waals surface area contributed by atoms with Crippen LogP contribution in [0.2, 0.25) is 0 Å². The predicted octanol–water partition coefficient (Wildman–Crippen LogP) is 3.86. The van der Waals surface area contributed by atoms with Gasteiger partial charge in [0.15, 0.2) is 0 Å². The molecule has 0 aliphatic heterocycles. The molecule has 3 heterocycles. The van der Waals surface area contributed by atoms with E-state index >= 15 is 0 Å². The van der Waals surface area contributed by atoms with Crippen LogP contribution in [0, 0.1) is 6.92 Å². The minimum Gasteiger partial charge on any atom is -0.267 e. The molecule has 126 valence electrons. The van der Waals surface area contributed by atoms with Gasteiger partial charge in [-0.05, 0) is 31.0 Å². The van der Waals surface area contributed by atoms with E-state index in [2.05, 4.69) is 29.1 Å². The summed E-state index contributed by atoms with van der Waals surface area (Å²) in [6.45, 7) is 4.11. The first-order valence-corrected chi connectivity index (χ1v) is 9.82. The van der Waals surface area contributed by atoms with Crippen molar-refractivity contribution >= 4 is 39.0 Å². The van der Waals surface area contributed by atoms with Gasteiger partial charge in [-0.2, -0.15) is 9.61 Å². The predicted molar refractivity (Wildman–Crippen MR) is 103 cm³/mol. The van der Waals surface area contributed by atoms with Crippen molar-refractivity contribution in [3.63, 3.8) is 0 Å². The first kappa shape index (κ1) is 16.2. The van der Waals surface area contributed by atoms with Gasteiger partial charge in [0.25, 0.3) is 5.56 Å². The number of nitrogens with zero attached hydrogens (tertiary/aromatic N) is 4. The SMILES string of the molecule is CCc1nn2c(=O)cc(CSc3cc(C)c4ccccc4n3)nc2s1. The summed E-state index contributed by atoms with van der Waals surface area (Å²) in [6.07, 6.45) is 0.803. The van der Waals surface area contributed by atoms with Crippen LogP contribution < -0.4 is 5.56 Å². The molecular formula is C18H16N4OS2. The van der Waals surface area contributed by atoms with Gasteiger partial charge in [-0.3, -0.25) is 4.79 Å². The monoisotopic (exact) mass is 368 g/mol. The van der Waals surface area contributed by atoms with E-state index in [-0.39, 0.29) is 5.56 Å². The Bertz CT molecular complexity index is 1130. The first-order valence-electron chi connectivity index (χ1n) is 8.02. The van der Waals surface area contributed by atoms with Crippen LogP contribution in [-0.4, -0.2) is 19.6 Å². The molecule has 4 aromatic rings. The summed E-state index contributed by atoms with van der Waals surface area (Å²) in [5.74, 6) is 0.607. The average molecular weight is 368 g/mol. The number of hydrogen-bond donors (Lipinski definition) is 0. The quantitative estimate of drug-likeness (QED) is 0.512. The number of fused-ring (bicyclic) bond motifs is 2. The zero-order valence-corrected chi connectivity index (χ0v) is 15.5. The molecule has 0 saturated heterocycles. The fourth-order valence-corrected chi connectivity index (χ4v) is 4.38. The molecular weight excluding hydrogens is 352 g/mol. The zero-order valence-electron chi connectivity index (χ0n) is 13.9. The van der Waals surface area contributed by atoms with E-state index in [1.807, 2.05) is 25.1 Å². The number of rotatable bonds is 4. The van der Waals surface area contributed by atoms with Gasteiger partial charge in [0.2, 0.25) is 4.96 Å². The molecule has 7 heteroatoms. The Morgan fingerprint density at radius 1 is 1.20 bits per heavy atom. The molecule has 0 amide bonds. The number of pyridine rings is 1. The zero-order chi connectivity index (χ0) is 17.4. The van der Waals surface area contributed by atoms with Crippen molar-refractivity contribution in [2.75, 3.05) is 0 Å². The van der Waals surface area contributed by atoms with Gasteiger partial charge in [-0.25, -0.2) is 9.97 Å². The minimum absolute atomic E-state index is 0.126. The fraction of sp³-hybridized carbons (Fsp3) is 0.222. The molecule has 5 nitrogen and oxygen atoms in total. The number of benzene rings is 1. The molecule has 0 saturated carbocycles. The Hall–Kier alpha value is -2.25. The smallest absolute Gasteiger partial charge is 0.267 e. The maximum atomic E-state index is 12.2. The van der Waals surface area contributed by atoms with Crippen molar-refractivity contribution in [3.05, 3.63) is 63.0 Å². The Labute approximate surface area is 152 Å². The Morgan fingerprint density at radius 2 is 2.04 bits per heavy atom. The number of aryl methyl sites for hydroxylation is 2. The highest BCUT2D eigenvalue weighted by atomic mass is 32.2.